The van der Waals surface area contributed by atoms with Crippen LogP contribution in [-0.2, 0) is 22.6 Å². The Kier molecular flexibility index (Phi) is 9.14. The van der Waals surface area contributed by atoms with Gasteiger partial charge in [-0.05, 0) is 23.3 Å². The fourth-order valence-corrected chi connectivity index (χ4v) is 2.68. The average molecular weight is 359 g/mol. The lowest BCUT2D eigenvalue weighted by Crippen LogP contribution is -2.36. The molecule has 0 aliphatic carbocycles. The van der Waals surface area contributed by atoms with Crippen molar-refractivity contribution in [2.45, 2.75) is 19.3 Å². The predicted molar refractivity (Wildman–Crippen MR) is 102 cm³/mol. The van der Waals surface area contributed by atoms with Crippen LogP contribution in [0.4, 0.5) is 0 Å². The van der Waals surface area contributed by atoms with Crippen molar-refractivity contribution in [1.82, 2.24) is 4.90 Å². The molecule has 142 valence electrons. The lowest BCUT2D eigenvalue weighted by atomic mass is 10.2. The molecule has 0 saturated carbocycles. The van der Waals surface area contributed by atoms with Crippen LogP contribution in [0.25, 0.3) is 0 Å². The van der Waals surface area contributed by atoms with Gasteiger partial charge in [-0.25, -0.2) is 0 Å². The maximum Gasteiger partial charge on any atom is 0.118 e. The van der Waals surface area contributed by atoms with E-state index in [4.69, 9.17) is 14.2 Å². The largest absolute Gasteiger partial charge is 0.497 e. The Morgan fingerprint density at radius 1 is 0.962 bits per heavy atom. The van der Waals surface area contributed by atoms with Crippen LogP contribution in [0.3, 0.4) is 0 Å². The van der Waals surface area contributed by atoms with Crippen LogP contribution in [-0.4, -0.2) is 56.6 Å². The highest BCUT2D eigenvalue weighted by Crippen LogP contribution is 2.13. The van der Waals surface area contributed by atoms with Gasteiger partial charge in [0.1, 0.15) is 5.75 Å². The van der Waals surface area contributed by atoms with Gasteiger partial charge >= 0.3 is 0 Å². The van der Waals surface area contributed by atoms with Crippen molar-refractivity contribution in [2.75, 3.05) is 40.5 Å². The Morgan fingerprint density at radius 2 is 1.69 bits per heavy atom. The Bertz CT molecular complexity index is 603. The monoisotopic (exact) mass is 359 g/mol. The van der Waals surface area contributed by atoms with E-state index in [-0.39, 0.29) is 0 Å². The van der Waals surface area contributed by atoms with Gasteiger partial charge in [0.15, 0.2) is 0 Å². The molecule has 5 heteroatoms. The average Bonchev–Trinajstić information content (AvgIpc) is 2.67. The van der Waals surface area contributed by atoms with Gasteiger partial charge in [-0.15, -0.1) is 0 Å². The number of aliphatic hydroxyl groups is 1. The van der Waals surface area contributed by atoms with E-state index in [1.807, 2.05) is 54.6 Å². The molecule has 0 radical (unpaired) electrons. The first-order chi connectivity index (χ1) is 12.7. The van der Waals surface area contributed by atoms with Crippen LogP contribution < -0.4 is 4.74 Å². The molecule has 0 heterocycles. The van der Waals surface area contributed by atoms with E-state index in [9.17, 15) is 5.11 Å². The molecule has 1 N–H and O–H groups in total. The maximum absolute atomic E-state index is 10.3. The van der Waals surface area contributed by atoms with Crippen molar-refractivity contribution in [3.05, 3.63) is 65.7 Å². The van der Waals surface area contributed by atoms with Crippen molar-refractivity contribution in [2.24, 2.45) is 0 Å². The summed E-state index contributed by atoms with van der Waals surface area (Å²) in [5, 5.41) is 10.3. The minimum absolute atomic E-state index is 0.307. The standard InChI is InChI=1S/C21H29NO4/c1-24-13-12-22(14-18-8-10-21(25-2)11-9-18)15-20(23)17-26-16-19-6-4-3-5-7-19/h3-11,20,23H,12-17H2,1-2H3/t20-/m1/s1. The molecule has 0 aliphatic heterocycles. The van der Waals surface area contributed by atoms with E-state index >= 15 is 0 Å². The molecule has 5 nitrogen and oxygen atoms in total. The van der Waals surface area contributed by atoms with Crippen molar-refractivity contribution >= 4 is 0 Å². The second kappa shape index (κ2) is 11.6. The summed E-state index contributed by atoms with van der Waals surface area (Å²) in [5.74, 6) is 0.839. The molecule has 2 aromatic carbocycles. The molecule has 2 aromatic rings. The lowest BCUT2D eigenvalue weighted by Gasteiger charge is -2.25. The zero-order chi connectivity index (χ0) is 18.6. The first kappa shape index (κ1) is 20.4. The summed E-state index contributed by atoms with van der Waals surface area (Å²) in [4.78, 5) is 2.17. The third-order valence-corrected chi connectivity index (χ3v) is 4.07. The number of nitrogens with zero attached hydrogens (tertiary/aromatic N) is 1. The van der Waals surface area contributed by atoms with Gasteiger partial charge in [0.05, 0.1) is 33.0 Å². The van der Waals surface area contributed by atoms with Crippen molar-refractivity contribution in [3.8, 4) is 5.75 Å². The highest BCUT2D eigenvalue weighted by Gasteiger charge is 2.13. The molecule has 0 spiro atoms. The highest BCUT2D eigenvalue weighted by atomic mass is 16.5. The molecule has 0 aliphatic rings. The zero-order valence-electron chi connectivity index (χ0n) is 15.6. The Labute approximate surface area is 156 Å². The number of benzene rings is 2. The number of aliphatic hydroxyl groups excluding tert-OH is 1. The normalized spacial score (nSPS) is 12.3. The molecular formula is C21H29NO4. The van der Waals surface area contributed by atoms with E-state index in [2.05, 4.69) is 4.90 Å². The first-order valence-corrected chi connectivity index (χ1v) is 8.85. The van der Waals surface area contributed by atoms with Crippen molar-refractivity contribution < 1.29 is 19.3 Å². The van der Waals surface area contributed by atoms with Crippen LogP contribution in [0, 0.1) is 0 Å². The maximum atomic E-state index is 10.3. The molecule has 0 amide bonds. The molecule has 2 rings (SSSR count). The van der Waals surface area contributed by atoms with E-state index in [1.54, 1.807) is 14.2 Å². The highest BCUT2D eigenvalue weighted by molar-refractivity contribution is 5.27. The van der Waals surface area contributed by atoms with Gasteiger partial charge in [0, 0.05) is 26.7 Å². The van der Waals surface area contributed by atoms with Crippen LogP contribution in [0.1, 0.15) is 11.1 Å². The summed E-state index contributed by atoms with van der Waals surface area (Å²) in [6, 6.07) is 17.9. The van der Waals surface area contributed by atoms with Crippen LogP contribution in [0.5, 0.6) is 5.75 Å². The number of rotatable bonds is 12. The molecule has 0 saturated heterocycles. The summed E-state index contributed by atoms with van der Waals surface area (Å²) in [7, 11) is 3.34. The van der Waals surface area contributed by atoms with Gasteiger partial charge in [0.25, 0.3) is 0 Å². The van der Waals surface area contributed by atoms with Crippen molar-refractivity contribution in [3.63, 3.8) is 0 Å². The van der Waals surface area contributed by atoms with Crippen LogP contribution in [0.2, 0.25) is 0 Å². The van der Waals surface area contributed by atoms with Gasteiger partial charge in [0.2, 0.25) is 0 Å². The van der Waals surface area contributed by atoms with Gasteiger partial charge < -0.3 is 19.3 Å². The Hall–Kier alpha value is -1.92. The third kappa shape index (κ3) is 7.54. The minimum Gasteiger partial charge on any atom is -0.497 e. The van der Waals surface area contributed by atoms with Crippen molar-refractivity contribution in [1.29, 1.82) is 0 Å². The fourth-order valence-electron chi connectivity index (χ4n) is 2.68. The molecular weight excluding hydrogens is 330 g/mol. The zero-order valence-corrected chi connectivity index (χ0v) is 15.6. The topological polar surface area (TPSA) is 51.2 Å². The minimum atomic E-state index is -0.547. The number of hydrogen-bond acceptors (Lipinski definition) is 5. The van der Waals surface area contributed by atoms with E-state index < -0.39 is 6.10 Å². The van der Waals surface area contributed by atoms with Crippen LogP contribution >= 0.6 is 0 Å². The van der Waals surface area contributed by atoms with Gasteiger partial charge in [-0.2, -0.15) is 0 Å². The van der Waals surface area contributed by atoms with Crippen LogP contribution in [0.15, 0.2) is 54.6 Å². The summed E-state index contributed by atoms with van der Waals surface area (Å²) in [6.07, 6.45) is -0.547. The molecule has 0 fully saturated rings. The van der Waals surface area contributed by atoms with Gasteiger partial charge in [-0.1, -0.05) is 42.5 Å². The smallest absolute Gasteiger partial charge is 0.118 e. The molecule has 0 bridgehead atoms. The summed E-state index contributed by atoms with van der Waals surface area (Å²) >= 11 is 0. The summed E-state index contributed by atoms with van der Waals surface area (Å²) < 4.78 is 16.0. The number of methoxy groups -OCH3 is 2. The number of hydrogen-bond donors (Lipinski definition) is 1. The van der Waals surface area contributed by atoms with Gasteiger partial charge in [-0.3, -0.25) is 4.90 Å². The molecule has 1 atom stereocenters. The second-order valence-electron chi connectivity index (χ2n) is 6.23. The third-order valence-electron chi connectivity index (χ3n) is 4.07. The molecule has 0 aromatic heterocycles. The Morgan fingerprint density at radius 3 is 2.35 bits per heavy atom. The quantitative estimate of drug-likeness (QED) is 0.631. The first-order valence-electron chi connectivity index (χ1n) is 8.85. The Balaban J connectivity index is 1.80. The predicted octanol–water partition coefficient (Wildman–Crippen LogP) is 2.72. The summed E-state index contributed by atoms with van der Waals surface area (Å²) in [6.45, 7) is 3.45. The van der Waals surface area contributed by atoms with E-state index in [0.29, 0.717) is 26.4 Å². The lowest BCUT2D eigenvalue weighted by molar-refractivity contribution is 0.00479. The number of ether oxygens (including phenoxy) is 3. The molecule has 26 heavy (non-hydrogen) atoms. The second-order valence-corrected chi connectivity index (χ2v) is 6.23. The SMILES string of the molecule is COCCN(Cc1ccc(OC)cc1)C[C@@H](O)COCc1ccccc1. The fraction of sp³-hybridized carbons (Fsp3) is 0.429. The summed E-state index contributed by atoms with van der Waals surface area (Å²) in [5.41, 5.74) is 2.27. The van der Waals surface area contributed by atoms with E-state index in [1.165, 1.54) is 5.56 Å². The molecule has 0 unspecified atom stereocenters. The van der Waals surface area contributed by atoms with E-state index in [0.717, 1.165) is 24.4 Å².